The van der Waals surface area contributed by atoms with Gasteiger partial charge in [0.05, 0.1) is 7.11 Å². The molecule has 1 unspecified atom stereocenters. The molecule has 1 aromatic heterocycles. The lowest BCUT2D eigenvalue weighted by Crippen LogP contribution is -2.39. The Morgan fingerprint density at radius 2 is 1.59 bits per heavy atom. The van der Waals surface area contributed by atoms with E-state index in [-0.39, 0.29) is 11.8 Å². The third kappa shape index (κ3) is 4.96. The number of carbonyl (C=O) groups is 2. The highest BCUT2D eigenvalue weighted by atomic mass is 16.5. The van der Waals surface area contributed by atoms with Crippen LogP contribution in [0.15, 0.2) is 61.2 Å². The Morgan fingerprint density at radius 3 is 2.19 bits per heavy atom. The van der Waals surface area contributed by atoms with E-state index in [9.17, 15) is 9.59 Å². The molecule has 2 N–H and O–H groups in total. The molecule has 3 heterocycles. The van der Waals surface area contributed by atoms with Crippen molar-refractivity contribution in [3.05, 3.63) is 72.7 Å². The first-order valence-electron chi connectivity index (χ1n) is 12.7. The second kappa shape index (κ2) is 10.5. The lowest BCUT2D eigenvalue weighted by atomic mass is 9.79. The average Bonchev–Trinajstić information content (AvgIpc) is 3.34. The Kier molecular flexibility index (Phi) is 6.99. The van der Waals surface area contributed by atoms with Gasteiger partial charge in [0, 0.05) is 31.1 Å². The Balaban J connectivity index is 1.39. The summed E-state index contributed by atoms with van der Waals surface area (Å²) in [5, 5.41) is 0. The van der Waals surface area contributed by atoms with Crippen molar-refractivity contribution < 1.29 is 19.1 Å². The Morgan fingerprint density at radius 1 is 0.973 bits per heavy atom. The minimum atomic E-state index is -0.473. The molecule has 3 aromatic rings. The van der Waals surface area contributed by atoms with E-state index in [0.717, 1.165) is 62.5 Å². The van der Waals surface area contributed by atoms with Gasteiger partial charge in [-0.15, -0.1) is 0 Å². The Hall–Kier alpha value is -4.07. The third-order valence-electron chi connectivity index (χ3n) is 7.48. The number of hydrogen-bond acceptors (Lipinski definition) is 5. The molecule has 2 aromatic carbocycles. The van der Waals surface area contributed by atoms with E-state index in [1.54, 1.807) is 7.11 Å². The molecule has 8 heteroatoms. The summed E-state index contributed by atoms with van der Waals surface area (Å²) in [5.41, 5.74) is 7.78. The fourth-order valence-electron chi connectivity index (χ4n) is 5.59. The number of likely N-dealkylation sites (tertiary alicyclic amines) is 1. The van der Waals surface area contributed by atoms with Crippen LogP contribution < -0.4 is 15.2 Å². The maximum absolute atomic E-state index is 12.6. The van der Waals surface area contributed by atoms with Crippen molar-refractivity contribution in [3.8, 4) is 28.5 Å². The first-order valence-corrected chi connectivity index (χ1v) is 12.7. The molecule has 2 amide bonds. The van der Waals surface area contributed by atoms with Crippen LogP contribution in [0.25, 0.3) is 11.3 Å². The molecule has 8 nitrogen and oxygen atoms in total. The van der Waals surface area contributed by atoms with Crippen LogP contribution in [-0.4, -0.2) is 46.5 Å². The van der Waals surface area contributed by atoms with Gasteiger partial charge in [-0.05, 0) is 86.2 Å². The highest BCUT2D eigenvalue weighted by Gasteiger charge is 2.36. The number of carbonyl (C=O) groups excluding carboxylic acids is 2. The number of hydrogen-bond donors (Lipinski definition) is 1. The van der Waals surface area contributed by atoms with Gasteiger partial charge in [-0.3, -0.25) is 9.59 Å². The quantitative estimate of drug-likeness (QED) is 0.472. The van der Waals surface area contributed by atoms with Crippen LogP contribution in [0.1, 0.15) is 47.9 Å². The topological polar surface area (TPSA) is 99.7 Å². The monoisotopic (exact) mass is 500 g/mol. The predicted octanol–water partition coefficient (Wildman–Crippen LogP) is 4.75. The highest BCUT2D eigenvalue weighted by Crippen LogP contribution is 2.41. The number of nitrogens with two attached hydrogens (primary N) is 1. The summed E-state index contributed by atoms with van der Waals surface area (Å²) in [7, 11) is 1.62. The van der Waals surface area contributed by atoms with Crippen LogP contribution >= 0.6 is 0 Å². The average molecular weight is 501 g/mol. The number of nitrogens with zero attached hydrogens (tertiary/aromatic N) is 3. The maximum Gasteiger partial charge on any atom is 0.267 e. The number of fused-ring (bicyclic) bond motifs is 1. The molecule has 0 radical (unpaired) electrons. The summed E-state index contributed by atoms with van der Waals surface area (Å²) in [6.07, 6.45) is 5.19. The molecule has 1 atom stereocenters. The molecule has 192 valence electrons. The number of primary amides is 1. The van der Waals surface area contributed by atoms with E-state index in [1.165, 1.54) is 6.08 Å². The summed E-state index contributed by atoms with van der Waals surface area (Å²) < 4.78 is 13.2. The highest BCUT2D eigenvalue weighted by molar-refractivity contribution is 5.97. The van der Waals surface area contributed by atoms with Gasteiger partial charge in [0.25, 0.3) is 5.91 Å². The minimum Gasteiger partial charge on any atom is -0.497 e. The predicted molar refractivity (Wildman–Crippen MR) is 141 cm³/mol. The molecule has 0 bridgehead atoms. The summed E-state index contributed by atoms with van der Waals surface area (Å²) in [5.74, 6) is 3.23. The fourth-order valence-corrected chi connectivity index (χ4v) is 5.59. The summed E-state index contributed by atoms with van der Waals surface area (Å²) in [6.45, 7) is 5.77. The zero-order chi connectivity index (χ0) is 25.9. The van der Waals surface area contributed by atoms with Gasteiger partial charge in [0.1, 0.15) is 34.5 Å². The molecule has 0 aliphatic carbocycles. The van der Waals surface area contributed by atoms with Crippen LogP contribution in [0, 0.1) is 5.92 Å². The molecular formula is C29H32N4O4. The Bertz CT molecular complexity index is 1290. The lowest BCUT2D eigenvalue weighted by molar-refractivity contribution is -0.127. The van der Waals surface area contributed by atoms with Crippen LogP contribution in [0.2, 0.25) is 0 Å². The first-order chi connectivity index (χ1) is 18.0. The van der Waals surface area contributed by atoms with Crippen LogP contribution in [-0.2, 0) is 11.3 Å². The van der Waals surface area contributed by atoms with E-state index in [0.29, 0.717) is 28.8 Å². The number of benzene rings is 2. The Labute approximate surface area is 216 Å². The largest absolute Gasteiger partial charge is 0.497 e. The smallest absolute Gasteiger partial charge is 0.267 e. The van der Waals surface area contributed by atoms with Crippen LogP contribution in [0.5, 0.6) is 17.2 Å². The molecule has 0 spiro atoms. The molecular weight excluding hydrogens is 468 g/mol. The molecule has 37 heavy (non-hydrogen) atoms. The van der Waals surface area contributed by atoms with Gasteiger partial charge in [-0.25, -0.2) is 4.98 Å². The van der Waals surface area contributed by atoms with E-state index in [1.807, 2.05) is 58.0 Å². The standard InChI is InChI=1S/C29H32N4O4/c1-3-25(34)32-17-14-19(15-18-32)24-5-4-16-33-27(28(30)35)26(31-29(24)33)20-6-8-22(9-7-20)37-23-12-10-21(36-2)11-13-23/h3,6-13,19,24H,1,4-5,14-18H2,2H3,(H2,30,35). The van der Waals surface area contributed by atoms with Gasteiger partial charge in [0.15, 0.2) is 0 Å². The zero-order valence-electron chi connectivity index (χ0n) is 21.1. The van der Waals surface area contributed by atoms with Crippen molar-refractivity contribution in [1.29, 1.82) is 0 Å². The van der Waals surface area contributed by atoms with E-state index in [2.05, 4.69) is 6.58 Å². The number of methoxy groups -OCH3 is 1. The van der Waals surface area contributed by atoms with Gasteiger partial charge in [-0.2, -0.15) is 0 Å². The van der Waals surface area contributed by atoms with Gasteiger partial charge < -0.3 is 24.7 Å². The zero-order valence-corrected chi connectivity index (χ0v) is 21.1. The van der Waals surface area contributed by atoms with Crippen molar-refractivity contribution in [3.63, 3.8) is 0 Å². The van der Waals surface area contributed by atoms with Gasteiger partial charge in [0.2, 0.25) is 5.91 Å². The van der Waals surface area contributed by atoms with Crippen molar-refractivity contribution in [2.24, 2.45) is 11.7 Å². The molecule has 1 fully saturated rings. The molecule has 5 rings (SSSR count). The summed E-state index contributed by atoms with van der Waals surface area (Å²) >= 11 is 0. The second-order valence-corrected chi connectivity index (χ2v) is 9.60. The first kappa shape index (κ1) is 24.6. The normalized spacial score (nSPS) is 17.6. The summed E-state index contributed by atoms with van der Waals surface area (Å²) in [6, 6.07) is 14.9. The van der Waals surface area contributed by atoms with Crippen molar-refractivity contribution in [2.45, 2.75) is 38.1 Å². The van der Waals surface area contributed by atoms with E-state index < -0.39 is 5.91 Å². The van der Waals surface area contributed by atoms with Gasteiger partial charge >= 0.3 is 0 Å². The molecule has 1 saturated heterocycles. The number of amides is 2. The van der Waals surface area contributed by atoms with Crippen molar-refractivity contribution in [2.75, 3.05) is 20.2 Å². The number of piperidine rings is 1. The number of imidazole rings is 1. The van der Waals surface area contributed by atoms with Crippen LogP contribution in [0.3, 0.4) is 0 Å². The van der Waals surface area contributed by atoms with Crippen molar-refractivity contribution >= 4 is 11.8 Å². The number of rotatable bonds is 7. The third-order valence-corrected chi connectivity index (χ3v) is 7.48. The lowest BCUT2D eigenvalue weighted by Gasteiger charge is -2.37. The SMILES string of the molecule is C=CC(=O)N1CCC(C2CCCn3c2nc(-c2ccc(Oc4ccc(OC)cc4)cc2)c3C(N)=O)CC1. The molecule has 2 aliphatic heterocycles. The minimum absolute atomic E-state index is 0.0127. The second-order valence-electron chi connectivity index (χ2n) is 9.60. The van der Waals surface area contributed by atoms with Crippen molar-refractivity contribution in [1.82, 2.24) is 14.5 Å². The van der Waals surface area contributed by atoms with Gasteiger partial charge in [-0.1, -0.05) is 6.58 Å². The maximum atomic E-state index is 12.6. The fraction of sp³-hybridized carbons (Fsp3) is 0.345. The van der Waals surface area contributed by atoms with Crippen LogP contribution in [0.4, 0.5) is 0 Å². The molecule has 0 saturated carbocycles. The van der Waals surface area contributed by atoms with E-state index >= 15 is 0 Å². The molecule has 2 aliphatic rings. The number of aromatic nitrogens is 2. The van der Waals surface area contributed by atoms with E-state index in [4.69, 9.17) is 20.2 Å². The number of ether oxygens (including phenoxy) is 2. The summed E-state index contributed by atoms with van der Waals surface area (Å²) in [4.78, 5) is 31.5.